The Morgan fingerprint density at radius 1 is 1.22 bits per heavy atom. The highest BCUT2D eigenvalue weighted by Gasteiger charge is 2.15. The van der Waals surface area contributed by atoms with Crippen LogP contribution in [0.3, 0.4) is 0 Å². The van der Waals surface area contributed by atoms with E-state index in [1.807, 2.05) is 48.5 Å². The molecule has 0 unspecified atom stereocenters. The van der Waals surface area contributed by atoms with Gasteiger partial charge in [0.25, 0.3) is 0 Å². The lowest BCUT2D eigenvalue weighted by atomic mass is 10.2. The van der Waals surface area contributed by atoms with Gasteiger partial charge in [-0.3, -0.25) is 4.79 Å². The predicted molar refractivity (Wildman–Crippen MR) is 105 cm³/mol. The summed E-state index contributed by atoms with van der Waals surface area (Å²) in [5, 5.41) is 2.87. The van der Waals surface area contributed by atoms with Gasteiger partial charge in [0.05, 0.1) is 13.2 Å². The topological polar surface area (TPSA) is 56.8 Å². The molecule has 0 aromatic heterocycles. The number of benzene rings is 2. The number of methoxy groups -OCH3 is 1. The maximum atomic E-state index is 11.9. The predicted octanol–water partition coefficient (Wildman–Crippen LogP) is 3.58. The van der Waals surface area contributed by atoms with Crippen molar-refractivity contribution in [1.82, 2.24) is 5.32 Å². The highest BCUT2D eigenvalue weighted by molar-refractivity contribution is 5.91. The molecule has 0 saturated carbocycles. The number of hydrogen-bond acceptors (Lipinski definition) is 4. The summed E-state index contributed by atoms with van der Waals surface area (Å²) in [5.41, 5.74) is 1.96. The first-order chi connectivity index (χ1) is 13.2. The fourth-order valence-electron chi connectivity index (χ4n) is 2.89. The van der Waals surface area contributed by atoms with Crippen LogP contribution in [0.4, 0.5) is 0 Å². The number of rotatable bonds is 8. The van der Waals surface area contributed by atoms with E-state index in [4.69, 9.17) is 14.2 Å². The minimum absolute atomic E-state index is 0.131. The first-order valence-electron chi connectivity index (χ1n) is 9.17. The number of ether oxygens (including phenoxy) is 3. The third-order valence-electron chi connectivity index (χ3n) is 4.38. The van der Waals surface area contributed by atoms with Crippen molar-refractivity contribution in [1.29, 1.82) is 0 Å². The first kappa shape index (κ1) is 19.0. The Kier molecular flexibility index (Phi) is 6.88. The second-order valence-corrected chi connectivity index (χ2v) is 6.40. The number of carbonyl (C=O) groups excluding carboxylic acids is 1. The summed E-state index contributed by atoms with van der Waals surface area (Å²) in [4.78, 5) is 11.9. The van der Waals surface area contributed by atoms with Gasteiger partial charge in [0.2, 0.25) is 5.91 Å². The Hall–Kier alpha value is -2.79. The van der Waals surface area contributed by atoms with E-state index in [1.165, 1.54) is 6.08 Å². The second kappa shape index (κ2) is 9.78. The van der Waals surface area contributed by atoms with Crippen LogP contribution < -0.4 is 14.8 Å². The zero-order chi connectivity index (χ0) is 18.9. The van der Waals surface area contributed by atoms with Crippen LogP contribution in [0, 0.1) is 0 Å². The molecule has 1 amide bonds. The molecule has 1 fully saturated rings. The zero-order valence-corrected chi connectivity index (χ0v) is 15.5. The molecule has 27 heavy (non-hydrogen) atoms. The van der Waals surface area contributed by atoms with Crippen molar-refractivity contribution in [2.24, 2.45) is 0 Å². The lowest BCUT2D eigenvalue weighted by molar-refractivity contribution is -0.116. The summed E-state index contributed by atoms with van der Waals surface area (Å²) >= 11 is 0. The van der Waals surface area contributed by atoms with Gasteiger partial charge in [0.15, 0.2) is 11.5 Å². The molecule has 0 spiro atoms. The standard InChI is InChI=1S/C22H25NO4/c1-25-21-14-17(10-12-22(24)23-15-19-8-5-13-26-19)9-11-20(21)27-16-18-6-3-2-4-7-18/h2-4,6-7,9-12,14,19H,5,8,13,15-16H2,1H3,(H,23,24)/b12-10+/t19-/m1/s1. The minimum atomic E-state index is -0.131. The zero-order valence-electron chi connectivity index (χ0n) is 15.5. The largest absolute Gasteiger partial charge is 0.493 e. The van der Waals surface area contributed by atoms with Gasteiger partial charge in [-0.25, -0.2) is 0 Å². The molecular formula is C22H25NO4. The maximum Gasteiger partial charge on any atom is 0.244 e. The van der Waals surface area contributed by atoms with Gasteiger partial charge in [0.1, 0.15) is 6.61 Å². The number of amides is 1. The molecule has 142 valence electrons. The molecule has 1 aliphatic rings. The van der Waals surface area contributed by atoms with Crippen molar-refractivity contribution in [2.45, 2.75) is 25.6 Å². The van der Waals surface area contributed by atoms with Gasteiger partial charge in [-0.1, -0.05) is 36.4 Å². The quantitative estimate of drug-likeness (QED) is 0.725. The molecule has 1 aliphatic heterocycles. The van der Waals surface area contributed by atoms with Crippen molar-refractivity contribution in [3.05, 3.63) is 65.7 Å². The van der Waals surface area contributed by atoms with E-state index in [1.54, 1.807) is 13.2 Å². The fourth-order valence-corrected chi connectivity index (χ4v) is 2.89. The Morgan fingerprint density at radius 3 is 2.81 bits per heavy atom. The lowest BCUT2D eigenvalue weighted by Crippen LogP contribution is -2.30. The van der Waals surface area contributed by atoms with E-state index >= 15 is 0 Å². The molecule has 0 aliphatic carbocycles. The number of carbonyl (C=O) groups is 1. The van der Waals surface area contributed by atoms with Gasteiger partial charge < -0.3 is 19.5 Å². The summed E-state index contributed by atoms with van der Waals surface area (Å²) in [7, 11) is 1.60. The first-order valence-corrected chi connectivity index (χ1v) is 9.17. The Labute approximate surface area is 159 Å². The monoisotopic (exact) mass is 367 g/mol. The van der Waals surface area contributed by atoms with Gasteiger partial charge in [-0.15, -0.1) is 0 Å². The van der Waals surface area contributed by atoms with E-state index in [0.717, 1.165) is 30.6 Å². The molecule has 5 nitrogen and oxygen atoms in total. The van der Waals surface area contributed by atoms with Crippen molar-refractivity contribution < 1.29 is 19.0 Å². The van der Waals surface area contributed by atoms with Crippen molar-refractivity contribution in [2.75, 3.05) is 20.3 Å². The average molecular weight is 367 g/mol. The molecule has 2 aromatic carbocycles. The number of nitrogens with one attached hydrogen (secondary N) is 1. The highest BCUT2D eigenvalue weighted by atomic mass is 16.5. The Bertz CT molecular complexity index is 767. The summed E-state index contributed by atoms with van der Waals surface area (Å²) in [6, 6.07) is 15.6. The van der Waals surface area contributed by atoms with Gasteiger partial charge in [-0.05, 0) is 42.2 Å². The maximum absolute atomic E-state index is 11.9. The molecule has 1 N–H and O–H groups in total. The molecule has 2 aromatic rings. The van der Waals surface area contributed by atoms with E-state index in [-0.39, 0.29) is 12.0 Å². The van der Waals surface area contributed by atoms with Crippen LogP contribution >= 0.6 is 0 Å². The van der Waals surface area contributed by atoms with Crippen LogP contribution in [0.1, 0.15) is 24.0 Å². The molecule has 0 radical (unpaired) electrons. The van der Waals surface area contributed by atoms with Crippen LogP contribution in [0.5, 0.6) is 11.5 Å². The smallest absolute Gasteiger partial charge is 0.244 e. The minimum Gasteiger partial charge on any atom is -0.493 e. The summed E-state index contributed by atoms with van der Waals surface area (Å²) in [6.07, 6.45) is 5.49. The van der Waals surface area contributed by atoms with Crippen LogP contribution in [0.25, 0.3) is 6.08 Å². The van der Waals surface area contributed by atoms with Crippen molar-refractivity contribution >= 4 is 12.0 Å². The number of hydrogen-bond donors (Lipinski definition) is 1. The Morgan fingerprint density at radius 2 is 2.07 bits per heavy atom. The summed E-state index contributed by atoms with van der Waals surface area (Å²) in [6.45, 7) is 1.81. The van der Waals surface area contributed by atoms with E-state index < -0.39 is 0 Å². The van der Waals surface area contributed by atoms with E-state index in [2.05, 4.69) is 5.32 Å². The third kappa shape index (κ3) is 5.86. The molecule has 1 heterocycles. The van der Waals surface area contributed by atoms with Gasteiger partial charge >= 0.3 is 0 Å². The highest BCUT2D eigenvalue weighted by Crippen LogP contribution is 2.29. The van der Waals surface area contributed by atoms with Crippen LogP contribution in [-0.2, 0) is 16.1 Å². The molecular weight excluding hydrogens is 342 g/mol. The van der Waals surface area contributed by atoms with Crippen LogP contribution in [0.2, 0.25) is 0 Å². The molecule has 3 rings (SSSR count). The average Bonchev–Trinajstić information content (AvgIpc) is 3.24. The summed E-state index contributed by atoms with van der Waals surface area (Å²) in [5.74, 6) is 1.17. The fraction of sp³-hybridized carbons (Fsp3) is 0.318. The van der Waals surface area contributed by atoms with Crippen LogP contribution in [0.15, 0.2) is 54.6 Å². The van der Waals surface area contributed by atoms with E-state index in [0.29, 0.717) is 24.7 Å². The van der Waals surface area contributed by atoms with Gasteiger partial charge in [-0.2, -0.15) is 0 Å². The molecule has 5 heteroatoms. The summed E-state index contributed by atoms with van der Waals surface area (Å²) < 4.78 is 16.8. The SMILES string of the molecule is COc1cc(/C=C/C(=O)NC[C@H]2CCCO2)ccc1OCc1ccccc1. The molecule has 1 atom stereocenters. The normalized spacial score (nSPS) is 16.4. The van der Waals surface area contributed by atoms with E-state index in [9.17, 15) is 4.79 Å². The van der Waals surface area contributed by atoms with Crippen LogP contribution in [-0.4, -0.2) is 32.3 Å². The lowest BCUT2D eigenvalue weighted by Gasteiger charge is -2.11. The van der Waals surface area contributed by atoms with Crippen molar-refractivity contribution in [3.63, 3.8) is 0 Å². The third-order valence-corrected chi connectivity index (χ3v) is 4.38. The molecule has 0 bridgehead atoms. The second-order valence-electron chi connectivity index (χ2n) is 6.40. The van der Waals surface area contributed by atoms with Crippen molar-refractivity contribution in [3.8, 4) is 11.5 Å². The van der Waals surface area contributed by atoms with Gasteiger partial charge in [0, 0.05) is 19.2 Å². The molecule has 1 saturated heterocycles. The Balaban J connectivity index is 1.55.